The molecule has 0 saturated heterocycles. The average molecular weight is 160 g/mol. The summed E-state index contributed by atoms with van der Waals surface area (Å²) in [5, 5.41) is 0. The van der Waals surface area contributed by atoms with Crippen LogP contribution in [0.2, 0.25) is 0 Å². The van der Waals surface area contributed by atoms with E-state index in [4.69, 9.17) is 0 Å². The van der Waals surface area contributed by atoms with E-state index in [0.717, 1.165) is 23.7 Å². The van der Waals surface area contributed by atoms with Gasteiger partial charge in [-0.25, -0.2) is 0 Å². The lowest BCUT2D eigenvalue weighted by Gasteiger charge is -2.22. The van der Waals surface area contributed by atoms with Crippen molar-refractivity contribution in [1.29, 1.82) is 0 Å². The van der Waals surface area contributed by atoms with E-state index in [-0.39, 0.29) is 0 Å². The summed E-state index contributed by atoms with van der Waals surface area (Å²) in [5.74, 6) is 3.80. The third-order valence-corrected chi connectivity index (χ3v) is 4.13. The van der Waals surface area contributed by atoms with Gasteiger partial charge in [0, 0.05) is 0 Å². The minimum absolute atomic E-state index is 0.928. The Morgan fingerprint density at radius 1 is 1.25 bits per heavy atom. The molecular formula is C12H16. The maximum Gasteiger partial charge on any atom is -0.0128 e. The Hall–Kier alpha value is -0.520. The van der Waals surface area contributed by atoms with Gasteiger partial charge in [0.1, 0.15) is 0 Å². The Labute approximate surface area is 74.4 Å². The molecule has 0 aromatic heterocycles. The minimum Gasteiger partial charge on any atom is -0.0819 e. The van der Waals surface area contributed by atoms with Crippen molar-refractivity contribution in [3.8, 4) is 0 Å². The molecule has 0 aromatic rings. The summed E-state index contributed by atoms with van der Waals surface area (Å²) < 4.78 is 0. The molecule has 12 heavy (non-hydrogen) atoms. The minimum atomic E-state index is 0.928. The van der Waals surface area contributed by atoms with E-state index >= 15 is 0 Å². The molecule has 4 atom stereocenters. The van der Waals surface area contributed by atoms with E-state index in [0.29, 0.717) is 0 Å². The molecule has 0 heterocycles. The lowest BCUT2D eigenvalue weighted by Crippen LogP contribution is -2.15. The molecule has 1 fully saturated rings. The number of hydrogen-bond acceptors (Lipinski definition) is 0. The second-order valence-electron chi connectivity index (χ2n) is 4.88. The van der Waals surface area contributed by atoms with Crippen molar-refractivity contribution in [2.45, 2.75) is 26.7 Å². The summed E-state index contributed by atoms with van der Waals surface area (Å²) in [6.07, 6.45) is 7.94. The van der Waals surface area contributed by atoms with Crippen LogP contribution in [0.4, 0.5) is 0 Å². The number of hydrogen-bond donors (Lipinski definition) is 0. The van der Waals surface area contributed by atoms with Gasteiger partial charge in [-0.05, 0) is 50.4 Å². The second kappa shape index (κ2) is 2.04. The highest BCUT2D eigenvalue weighted by Crippen LogP contribution is 2.56. The SMILES string of the molecule is CC1=C[C@@H]2[C@H](C1)[C@H]1C=C(C)[C@H]2C1. The number of allylic oxidation sites excluding steroid dienone is 4. The lowest BCUT2D eigenvalue weighted by atomic mass is 9.82. The van der Waals surface area contributed by atoms with Gasteiger partial charge in [-0.1, -0.05) is 23.3 Å². The van der Waals surface area contributed by atoms with Gasteiger partial charge >= 0.3 is 0 Å². The Morgan fingerprint density at radius 3 is 2.92 bits per heavy atom. The fourth-order valence-corrected chi connectivity index (χ4v) is 3.65. The molecule has 2 bridgehead atoms. The van der Waals surface area contributed by atoms with Crippen molar-refractivity contribution in [2.24, 2.45) is 23.7 Å². The molecule has 3 aliphatic rings. The molecule has 0 unspecified atom stereocenters. The van der Waals surface area contributed by atoms with Crippen LogP contribution in [-0.4, -0.2) is 0 Å². The quantitative estimate of drug-likeness (QED) is 0.477. The monoisotopic (exact) mass is 160 g/mol. The fourth-order valence-electron chi connectivity index (χ4n) is 3.65. The van der Waals surface area contributed by atoms with E-state index in [1.807, 2.05) is 0 Å². The first kappa shape index (κ1) is 6.94. The van der Waals surface area contributed by atoms with Crippen molar-refractivity contribution in [3.63, 3.8) is 0 Å². The second-order valence-corrected chi connectivity index (χ2v) is 4.88. The third-order valence-electron chi connectivity index (χ3n) is 4.13. The van der Waals surface area contributed by atoms with E-state index < -0.39 is 0 Å². The standard InChI is InChI=1S/C12H16/c1-7-3-11-9-5-8(2)10(6-9)12(11)4-7/h4-5,9-12H,3,6H2,1-2H3/t9-,10+,11+,12-/m0/s1. The van der Waals surface area contributed by atoms with Gasteiger partial charge in [0.25, 0.3) is 0 Å². The predicted molar refractivity (Wildman–Crippen MR) is 50.7 cm³/mol. The first-order valence-corrected chi connectivity index (χ1v) is 5.11. The van der Waals surface area contributed by atoms with E-state index in [9.17, 15) is 0 Å². The molecule has 0 aromatic carbocycles. The summed E-state index contributed by atoms with van der Waals surface area (Å²) in [6, 6.07) is 0. The maximum atomic E-state index is 2.55. The van der Waals surface area contributed by atoms with Gasteiger partial charge in [0.05, 0.1) is 0 Å². The number of rotatable bonds is 0. The van der Waals surface area contributed by atoms with Gasteiger partial charge in [-0.2, -0.15) is 0 Å². The third kappa shape index (κ3) is 0.688. The van der Waals surface area contributed by atoms with Crippen molar-refractivity contribution in [3.05, 3.63) is 23.3 Å². The molecule has 0 spiro atoms. The predicted octanol–water partition coefficient (Wildman–Crippen LogP) is 3.16. The molecule has 3 rings (SSSR count). The summed E-state index contributed by atoms with van der Waals surface area (Å²) in [4.78, 5) is 0. The highest BCUT2D eigenvalue weighted by molar-refractivity contribution is 5.29. The van der Waals surface area contributed by atoms with Crippen LogP contribution in [0.1, 0.15) is 26.7 Å². The summed E-state index contributed by atoms with van der Waals surface area (Å²) >= 11 is 0. The van der Waals surface area contributed by atoms with Crippen molar-refractivity contribution >= 4 is 0 Å². The Balaban J connectivity index is 2.00. The molecule has 0 aliphatic heterocycles. The highest BCUT2D eigenvalue weighted by Gasteiger charge is 2.47. The average Bonchev–Trinajstić information content (AvgIpc) is 2.57. The molecule has 0 radical (unpaired) electrons. The molecule has 1 saturated carbocycles. The summed E-state index contributed by atoms with van der Waals surface area (Å²) in [7, 11) is 0. The van der Waals surface area contributed by atoms with Crippen LogP contribution in [-0.2, 0) is 0 Å². The van der Waals surface area contributed by atoms with Crippen LogP contribution >= 0.6 is 0 Å². The van der Waals surface area contributed by atoms with E-state index in [1.165, 1.54) is 12.8 Å². The summed E-state index contributed by atoms with van der Waals surface area (Å²) in [6.45, 7) is 4.62. The Bertz CT molecular complexity index is 282. The zero-order valence-corrected chi connectivity index (χ0v) is 7.88. The van der Waals surface area contributed by atoms with Crippen LogP contribution in [0.3, 0.4) is 0 Å². The molecule has 3 aliphatic carbocycles. The molecule has 0 amide bonds. The van der Waals surface area contributed by atoms with Crippen molar-refractivity contribution in [2.75, 3.05) is 0 Å². The topological polar surface area (TPSA) is 0 Å². The molecule has 64 valence electrons. The zero-order chi connectivity index (χ0) is 8.29. The normalized spacial score (nSPS) is 49.2. The lowest BCUT2D eigenvalue weighted by molar-refractivity contribution is 0.386. The first-order valence-electron chi connectivity index (χ1n) is 5.11. The van der Waals surface area contributed by atoms with Crippen molar-refractivity contribution in [1.82, 2.24) is 0 Å². The van der Waals surface area contributed by atoms with E-state index in [1.54, 1.807) is 11.1 Å². The van der Waals surface area contributed by atoms with Crippen molar-refractivity contribution < 1.29 is 0 Å². The fraction of sp³-hybridized carbons (Fsp3) is 0.667. The molecule has 0 heteroatoms. The van der Waals surface area contributed by atoms with Crippen LogP contribution in [0.5, 0.6) is 0 Å². The maximum absolute atomic E-state index is 2.55. The van der Waals surface area contributed by atoms with Crippen LogP contribution in [0.25, 0.3) is 0 Å². The number of fused-ring (bicyclic) bond motifs is 5. The largest absolute Gasteiger partial charge is 0.0819 e. The molecular weight excluding hydrogens is 144 g/mol. The Morgan fingerprint density at radius 2 is 2.08 bits per heavy atom. The first-order chi connectivity index (χ1) is 5.75. The van der Waals surface area contributed by atoms with Crippen LogP contribution in [0, 0.1) is 23.7 Å². The molecule has 0 N–H and O–H groups in total. The van der Waals surface area contributed by atoms with Gasteiger partial charge < -0.3 is 0 Å². The van der Waals surface area contributed by atoms with E-state index in [2.05, 4.69) is 26.0 Å². The molecule has 0 nitrogen and oxygen atoms in total. The smallest absolute Gasteiger partial charge is 0.0128 e. The zero-order valence-electron chi connectivity index (χ0n) is 7.88. The Kier molecular flexibility index (Phi) is 1.18. The van der Waals surface area contributed by atoms with Gasteiger partial charge in [-0.15, -0.1) is 0 Å². The van der Waals surface area contributed by atoms with Gasteiger partial charge in [0.15, 0.2) is 0 Å². The van der Waals surface area contributed by atoms with Gasteiger partial charge in [-0.3, -0.25) is 0 Å². The van der Waals surface area contributed by atoms with Crippen LogP contribution in [0.15, 0.2) is 23.3 Å². The highest BCUT2D eigenvalue weighted by atomic mass is 14.5. The van der Waals surface area contributed by atoms with Gasteiger partial charge in [0.2, 0.25) is 0 Å². The summed E-state index contributed by atoms with van der Waals surface area (Å²) in [5.41, 5.74) is 3.31. The van der Waals surface area contributed by atoms with Crippen LogP contribution < -0.4 is 0 Å².